The molecule has 2 fully saturated rings. The Bertz CT molecular complexity index is 743. The number of pyridine rings is 1. The third-order valence-electron chi connectivity index (χ3n) is 5.27. The van der Waals surface area contributed by atoms with Crippen molar-refractivity contribution in [2.24, 2.45) is 5.92 Å². The van der Waals surface area contributed by atoms with Gasteiger partial charge >= 0.3 is 0 Å². The second-order valence-electron chi connectivity index (χ2n) is 7.36. The summed E-state index contributed by atoms with van der Waals surface area (Å²) in [6.07, 6.45) is 7.59. The molecular formula is C19H29N3O4S2. The normalized spacial score (nSPS) is 20.6. The maximum atomic E-state index is 12.6. The number of ether oxygens (including phenoxy) is 1. The summed E-state index contributed by atoms with van der Waals surface area (Å²) in [4.78, 5) is 16.8. The Morgan fingerprint density at radius 1 is 1.29 bits per heavy atom. The third kappa shape index (κ3) is 5.68. The fourth-order valence-corrected chi connectivity index (χ4v) is 5.71. The zero-order valence-electron chi connectivity index (χ0n) is 16.3. The highest BCUT2D eigenvalue weighted by atomic mass is 32.2. The summed E-state index contributed by atoms with van der Waals surface area (Å²) in [6, 6.07) is 3.23. The number of sulfonamides is 1. The Morgan fingerprint density at radius 3 is 2.64 bits per heavy atom. The van der Waals surface area contributed by atoms with Gasteiger partial charge in [-0.05, 0) is 37.8 Å². The number of rotatable bonds is 7. The summed E-state index contributed by atoms with van der Waals surface area (Å²) in [5.41, 5.74) is 0. The zero-order chi connectivity index (χ0) is 20.0. The molecule has 2 heterocycles. The van der Waals surface area contributed by atoms with Gasteiger partial charge in [0.1, 0.15) is 4.90 Å². The average Bonchev–Trinajstić information content (AvgIpc) is 2.73. The fraction of sp³-hybridized carbons (Fsp3) is 0.684. The quantitative estimate of drug-likeness (QED) is 0.672. The molecule has 3 rings (SSSR count). The van der Waals surface area contributed by atoms with E-state index in [0.29, 0.717) is 37.2 Å². The maximum Gasteiger partial charge on any atom is 0.244 e. The van der Waals surface area contributed by atoms with Gasteiger partial charge in [0.2, 0.25) is 15.9 Å². The SMILES string of the molecule is C[C@@H](Sc1ccc(S(=O)(=O)N2CCOCC2)cn1)C(=O)NCC1CCCCC1. The molecule has 1 aliphatic carbocycles. The van der Waals surface area contributed by atoms with Crippen molar-refractivity contribution >= 4 is 27.7 Å². The van der Waals surface area contributed by atoms with Crippen LogP contribution in [0.15, 0.2) is 28.3 Å². The number of nitrogens with one attached hydrogen (secondary N) is 1. The Kier molecular flexibility index (Phi) is 7.73. The highest BCUT2D eigenvalue weighted by Crippen LogP contribution is 2.25. The Labute approximate surface area is 171 Å². The van der Waals surface area contributed by atoms with Crippen molar-refractivity contribution < 1.29 is 17.9 Å². The lowest BCUT2D eigenvalue weighted by Gasteiger charge is -2.25. The molecule has 1 aromatic heterocycles. The predicted molar refractivity (Wildman–Crippen MR) is 109 cm³/mol. The standard InChI is InChI=1S/C19H29N3O4S2/c1-15(19(23)21-13-16-5-3-2-4-6-16)27-18-8-7-17(14-20-18)28(24,25)22-9-11-26-12-10-22/h7-8,14-16H,2-6,9-13H2,1H3,(H,21,23)/t15-/m1/s1. The second-order valence-corrected chi connectivity index (χ2v) is 10.7. The predicted octanol–water partition coefficient (Wildman–Crippen LogP) is 2.28. The molecule has 0 spiro atoms. The number of amides is 1. The van der Waals surface area contributed by atoms with E-state index in [0.717, 1.165) is 6.54 Å². The van der Waals surface area contributed by atoms with E-state index in [4.69, 9.17) is 4.74 Å². The van der Waals surface area contributed by atoms with E-state index in [2.05, 4.69) is 10.3 Å². The van der Waals surface area contributed by atoms with E-state index in [9.17, 15) is 13.2 Å². The zero-order valence-corrected chi connectivity index (χ0v) is 17.9. The van der Waals surface area contributed by atoms with Gasteiger partial charge in [-0.3, -0.25) is 4.79 Å². The van der Waals surface area contributed by atoms with E-state index in [1.165, 1.54) is 54.4 Å². The van der Waals surface area contributed by atoms with Crippen molar-refractivity contribution in [3.8, 4) is 0 Å². The molecule has 156 valence electrons. The summed E-state index contributed by atoms with van der Waals surface area (Å²) >= 11 is 1.34. The van der Waals surface area contributed by atoms with Crippen LogP contribution in [0, 0.1) is 5.92 Å². The molecule has 1 saturated heterocycles. The van der Waals surface area contributed by atoms with Gasteiger partial charge in [0.05, 0.1) is 23.5 Å². The van der Waals surface area contributed by atoms with E-state index in [-0.39, 0.29) is 16.1 Å². The van der Waals surface area contributed by atoms with Crippen LogP contribution in [-0.4, -0.2) is 61.7 Å². The first kappa shape index (κ1) is 21.5. The summed E-state index contributed by atoms with van der Waals surface area (Å²) in [5.74, 6) is 0.597. The summed E-state index contributed by atoms with van der Waals surface area (Å²) in [5, 5.41) is 3.41. The minimum Gasteiger partial charge on any atom is -0.379 e. The molecule has 0 radical (unpaired) electrons. The smallest absolute Gasteiger partial charge is 0.244 e. The van der Waals surface area contributed by atoms with Crippen LogP contribution in [0.3, 0.4) is 0 Å². The molecule has 28 heavy (non-hydrogen) atoms. The second kappa shape index (κ2) is 10.0. The van der Waals surface area contributed by atoms with E-state index < -0.39 is 10.0 Å². The molecule has 0 aromatic carbocycles. The van der Waals surface area contributed by atoms with Crippen LogP contribution in [-0.2, 0) is 19.6 Å². The van der Waals surface area contributed by atoms with Crippen LogP contribution in [0.5, 0.6) is 0 Å². The van der Waals surface area contributed by atoms with Crippen molar-refractivity contribution in [1.29, 1.82) is 0 Å². The monoisotopic (exact) mass is 427 g/mol. The highest BCUT2D eigenvalue weighted by molar-refractivity contribution is 8.00. The number of aromatic nitrogens is 1. The van der Waals surface area contributed by atoms with Gasteiger partial charge in [0, 0.05) is 25.8 Å². The third-order valence-corrected chi connectivity index (χ3v) is 8.21. The van der Waals surface area contributed by atoms with E-state index >= 15 is 0 Å². The minimum absolute atomic E-state index is 0.00221. The van der Waals surface area contributed by atoms with Crippen LogP contribution in [0.4, 0.5) is 0 Å². The number of hydrogen-bond donors (Lipinski definition) is 1. The van der Waals surface area contributed by atoms with Crippen LogP contribution in [0.25, 0.3) is 0 Å². The first-order valence-electron chi connectivity index (χ1n) is 9.95. The summed E-state index contributed by atoms with van der Waals surface area (Å²) < 4.78 is 31.9. The van der Waals surface area contributed by atoms with Crippen LogP contribution in [0.2, 0.25) is 0 Å². The van der Waals surface area contributed by atoms with Gasteiger partial charge in [-0.15, -0.1) is 0 Å². The highest BCUT2D eigenvalue weighted by Gasteiger charge is 2.27. The first-order valence-corrected chi connectivity index (χ1v) is 12.3. The van der Waals surface area contributed by atoms with E-state index in [1.54, 1.807) is 12.1 Å². The fourth-order valence-electron chi connectivity index (χ4n) is 3.54. The number of carbonyl (C=O) groups excluding carboxylic acids is 1. The number of nitrogens with zero attached hydrogens (tertiary/aromatic N) is 2. The van der Waals surface area contributed by atoms with Gasteiger partial charge in [-0.1, -0.05) is 31.0 Å². The molecular weight excluding hydrogens is 398 g/mol. The lowest BCUT2D eigenvalue weighted by molar-refractivity contribution is -0.120. The van der Waals surface area contributed by atoms with Gasteiger partial charge in [-0.25, -0.2) is 13.4 Å². The molecule has 0 unspecified atom stereocenters. The van der Waals surface area contributed by atoms with Crippen molar-refractivity contribution in [2.75, 3.05) is 32.8 Å². The van der Waals surface area contributed by atoms with Gasteiger partial charge in [-0.2, -0.15) is 4.31 Å². The van der Waals surface area contributed by atoms with Crippen LogP contribution >= 0.6 is 11.8 Å². The molecule has 1 saturated carbocycles. The lowest BCUT2D eigenvalue weighted by atomic mass is 9.89. The molecule has 1 aromatic rings. The van der Waals surface area contributed by atoms with Crippen LogP contribution < -0.4 is 5.32 Å². The number of morpholine rings is 1. The van der Waals surface area contributed by atoms with E-state index in [1.807, 2.05) is 6.92 Å². The molecule has 1 amide bonds. The van der Waals surface area contributed by atoms with Gasteiger partial charge in [0.25, 0.3) is 0 Å². The van der Waals surface area contributed by atoms with Crippen LogP contribution in [0.1, 0.15) is 39.0 Å². The molecule has 9 heteroatoms. The largest absolute Gasteiger partial charge is 0.379 e. The minimum atomic E-state index is -3.54. The average molecular weight is 428 g/mol. The molecule has 0 bridgehead atoms. The maximum absolute atomic E-state index is 12.6. The number of hydrogen-bond acceptors (Lipinski definition) is 6. The van der Waals surface area contributed by atoms with Gasteiger partial charge in [0.15, 0.2) is 0 Å². The molecule has 1 atom stereocenters. The molecule has 1 aliphatic heterocycles. The molecule has 7 nitrogen and oxygen atoms in total. The number of carbonyl (C=O) groups is 1. The first-order chi connectivity index (χ1) is 13.5. The molecule has 1 N–H and O–H groups in total. The number of thioether (sulfide) groups is 1. The summed E-state index contributed by atoms with van der Waals surface area (Å²) in [6.45, 7) is 4.13. The molecule has 2 aliphatic rings. The van der Waals surface area contributed by atoms with Gasteiger partial charge < -0.3 is 10.1 Å². The van der Waals surface area contributed by atoms with Crippen molar-refractivity contribution in [3.63, 3.8) is 0 Å². The van der Waals surface area contributed by atoms with Crippen molar-refractivity contribution in [1.82, 2.24) is 14.6 Å². The summed E-state index contributed by atoms with van der Waals surface area (Å²) in [7, 11) is -3.54. The topological polar surface area (TPSA) is 88.6 Å². The van der Waals surface area contributed by atoms with Crippen molar-refractivity contribution in [2.45, 2.75) is 54.2 Å². The Balaban J connectivity index is 1.52. The lowest BCUT2D eigenvalue weighted by Crippen LogP contribution is -2.40. The van der Waals surface area contributed by atoms with Crippen molar-refractivity contribution in [3.05, 3.63) is 18.3 Å². The Hall–Kier alpha value is -1.16. The Morgan fingerprint density at radius 2 is 2.00 bits per heavy atom.